The molecule has 0 aliphatic rings. The molecule has 5 heteroatoms. The molecule has 0 bridgehead atoms. The van der Waals surface area contributed by atoms with Crippen molar-refractivity contribution in [3.63, 3.8) is 0 Å². The monoisotopic (exact) mass is 271 g/mol. The number of hydrogen-bond acceptors (Lipinski definition) is 4. The first kappa shape index (κ1) is 13.6. The van der Waals surface area contributed by atoms with Gasteiger partial charge in [0.05, 0.1) is 0 Å². The van der Waals surface area contributed by atoms with Gasteiger partial charge in [-0.1, -0.05) is 24.3 Å². The van der Waals surface area contributed by atoms with Gasteiger partial charge in [-0.3, -0.25) is 0 Å². The van der Waals surface area contributed by atoms with Crippen LogP contribution in [0.4, 0.5) is 4.79 Å². The van der Waals surface area contributed by atoms with E-state index in [2.05, 4.69) is 0 Å². The van der Waals surface area contributed by atoms with Crippen molar-refractivity contribution >= 4 is 12.1 Å². The van der Waals surface area contributed by atoms with Crippen molar-refractivity contribution < 1.29 is 19.1 Å². The zero-order valence-electron chi connectivity index (χ0n) is 10.8. The summed E-state index contributed by atoms with van der Waals surface area (Å²) < 4.78 is 10.0. The average Bonchev–Trinajstić information content (AvgIpc) is 2.41. The maximum atomic E-state index is 12.1. The minimum atomic E-state index is -0.984. The number of rotatable bonds is 3. The van der Waals surface area contributed by atoms with Crippen molar-refractivity contribution in [2.24, 2.45) is 5.73 Å². The van der Waals surface area contributed by atoms with Gasteiger partial charge in [-0.25, -0.2) is 9.59 Å². The first-order chi connectivity index (χ1) is 9.56. The van der Waals surface area contributed by atoms with Crippen LogP contribution in [-0.4, -0.2) is 12.1 Å². The number of para-hydroxylation sites is 1. The van der Waals surface area contributed by atoms with E-state index in [-0.39, 0.29) is 11.3 Å². The van der Waals surface area contributed by atoms with E-state index in [1.54, 1.807) is 36.4 Å². The van der Waals surface area contributed by atoms with Crippen LogP contribution < -0.4 is 15.2 Å². The summed E-state index contributed by atoms with van der Waals surface area (Å²) in [5.74, 6) is -0.135. The SMILES string of the molecule is Cc1ccc(OC(N)=O)c(C(=O)Oc2ccccc2)c1. The Morgan fingerprint density at radius 2 is 1.70 bits per heavy atom. The number of ether oxygens (including phenoxy) is 2. The Hall–Kier alpha value is -2.82. The lowest BCUT2D eigenvalue weighted by Gasteiger charge is -2.09. The van der Waals surface area contributed by atoms with Gasteiger partial charge in [0.2, 0.25) is 0 Å². The van der Waals surface area contributed by atoms with Crippen LogP contribution in [0.2, 0.25) is 0 Å². The zero-order chi connectivity index (χ0) is 14.5. The molecule has 102 valence electrons. The Bertz CT molecular complexity index is 638. The molecule has 0 radical (unpaired) electrons. The lowest BCUT2D eigenvalue weighted by atomic mass is 10.1. The highest BCUT2D eigenvalue weighted by molar-refractivity contribution is 5.95. The van der Waals surface area contributed by atoms with Gasteiger partial charge in [0.1, 0.15) is 17.1 Å². The van der Waals surface area contributed by atoms with Crippen molar-refractivity contribution in [3.8, 4) is 11.5 Å². The lowest BCUT2D eigenvalue weighted by Crippen LogP contribution is -2.19. The fourth-order valence-electron chi connectivity index (χ4n) is 1.65. The molecule has 0 saturated heterocycles. The minimum absolute atomic E-state index is 0.0732. The number of amides is 1. The van der Waals surface area contributed by atoms with E-state index in [0.717, 1.165) is 5.56 Å². The summed E-state index contributed by atoms with van der Waals surface area (Å²) in [6.07, 6.45) is -0.984. The van der Waals surface area contributed by atoms with Crippen LogP contribution >= 0.6 is 0 Å². The Labute approximate surface area is 115 Å². The Morgan fingerprint density at radius 3 is 2.35 bits per heavy atom. The molecule has 0 atom stereocenters. The maximum Gasteiger partial charge on any atom is 0.409 e. The molecule has 2 rings (SSSR count). The van der Waals surface area contributed by atoms with Gasteiger partial charge in [-0.2, -0.15) is 0 Å². The Kier molecular flexibility index (Phi) is 4.00. The molecular formula is C15H13NO4. The summed E-state index contributed by atoms with van der Waals surface area (Å²) in [7, 11) is 0. The molecule has 0 heterocycles. The number of carbonyl (C=O) groups excluding carboxylic acids is 2. The van der Waals surface area contributed by atoms with Crippen molar-refractivity contribution in [1.82, 2.24) is 0 Å². The van der Waals surface area contributed by atoms with Crippen molar-refractivity contribution in [3.05, 3.63) is 59.7 Å². The van der Waals surface area contributed by atoms with Crippen molar-refractivity contribution in [2.45, 2.75) is 6.92 Å². The summed E-state index contributed by atoms with van der Waals surface area (Å²) in [5.41, 5.74) is 5.95. The number of benzene rings is 2. The van der Waals surface area contributed by atoms with E-state index < -0.39 is 12.1 Å². The van der Waals surface area contributed by atoms with E-state index in [0.29, 0.717) is 5.75 Å². The van der Waals surface area contributed by atoms with Gasteiger partial charge in [0.25, 0.3) is 0 Å². The number of nitrogens with two attached hydrogens (primary N) is 1. The molecular weight excluding hydrogens is 258 g/mol. The molecule has 5 nitrogen and oxygen atoms in total. The largest absolute Gasteiger partial charge is 0.423 e. The van der Waals surface area contributed by atoms with Crippen LogP contribution in [0.25, 0.3) is 0 Å². The molecule has 2 aromatic carbocycles. The zero-order valence-corrected chi connectivity index (χ0v) is 10.8. The summed E-state index contributed by atoms with van der Waals surface area (Å²) in [5, 5.41) is 0. The predicted octanol–water partition coefficient (Wildman–Crippen LogP) is 2.67. The lowest BCUT2D eigenvalue weighted by molar-refractivity contribution is 0.0732. The van der Waals surface area contributed by atoms with Crippen LogP contribution in [0.1, 0.15) is 15.9 Å². The highest BCUT2D eigenvalue weighted by Gasteiger charge is 2.16. The molecule has 2 N–H and O–H groups in total. The molecule has 0 spiro atoms. The number of primary amides is 1. The van der Waals surface area contributed by atoms with Crippen LogP contribution in [0.3, 0.4) is 0 Å². The second-order valence-corrected chi connectivity index (χ2v) is 4.12. The smallest absolute Gasteiger partial charge is 0.409 e. The molecule has 0 aliphatic carbocycles. The molecule has 20 heavy (non-hydrogen) atoms. The van der Waals surface area contributed by atoms with E-state index in [4.69, 9.17) is 15.2 Å². The molecule has 0 fully saturated rings. The second-order valence-electron chi connectivity index (χ2n) is 4.12. The molecule has 0 aliphatic heterocycles. The molecule has 1 amide bonds. The van der Waals surface area contributed by atoms with Crippen molar-refractivity contribution in [1.29, 1.82) is 0 Å². The topological polar surface area (TPSA) is 78.6 Å². The highest BCUT2D eigenvalue weighted by Crippen LogP contribution is 2.22. The summed E-state index contributed by atoms with van der Waals surface area (Å²) in [6.45, 7) is 1.81. The quantitative estimate of drug-likeness (QED) is 0.687. The molecule has 2 aromatic rings. The maximum absolute atomic E-state index is 12.1. The third kappa shape index (κ3) is 3.35. The highest BCUT2D eigenvalue weighted by atomic mass is 16.6. The standard InChI is InChI=1S/C15H13NO4/c1-10-7-8-13(20-15(16)18)12(9-10)14(17)19-11-5-3-2-4-6-11/h2-9H,1H3,(H2,16,18). The number of hydrogen-bond donors (Lipinski definition) is 1. The first-order valence-electron chi connectivity index (χ1n) is 5.91. The van der Waals surface area contributed by atoms with Gasteiger partial charge < -0.3 is 15.2 Å². The fraction of sp³-hybridized carbons (Fsp3) is 0.0667. The first-order valence-corrected chi connectivity index (χ1v) is 5.91. The molecule has 0 unspecified atom stereocenters. The molecule has 0 aromatic heterocycles. The van der Waals surface area contributed by atoms with Crippen LogP contribution in [0.15, 0.2) is 48.5 Å². The summed E-state index contributed by atoms with van der Waals surface area (Å²) in [4.78, 5) is 22.9. The van der Waals surface area contributed by atoms with Gasteiger partial charge in [0.15, 0.2) is 0 Å². The number of esters is 1. The fourth-order valence-corrected chi connectivity index (χ4v) is 1.65. The summed E-state index contributed by atoms with van der Waals surface area (Å²) >= 11 is 0. The van der Waals surface area contributed by atoms with E-state index in [9.17, 15) is 9.59 Å². The van der Waals surface area contributed by atoms with Gasteiger partial charge in [0, 0.05) is 0 Å². The van der Waals surface area contributed by atoms with E-state index >= 15 is 0 Å². The van der Waals surface area contributed by atoms with E-state index in [1.807, 2.05) is 13.0 Å². The second kappa shape index (κ2) is 5.88. The van der Waals surface area contributed by atoms with Gasteiger partial charge in [-0.15, -0.1) is 0 Å². The van der Waals surface area contributed by atoms with E-state index in [1.165, 1.54) is 6.07 Å². The van der Waals surface area contributed by atoms with Gasteiger partial charge >= 0.3 is 12.1 Å². The van der Waals surface area contributed by atoms with Crippen LogP contribution in [0, 0.1) is 6.92 Å². The third-order valence-electron chi connectivity index (χ3n) is 2.52. The minimum Gasteiger partial charge on any atom is -0.423 e. The van der Waals surface area contributed by atoms with Gasteiger partial charge in [-0.05, 0) is 36.8 Å². The Balaban J connectivity index is 2.28. The normalized spacial score (nSPS) is 9.85. The molecule has 0 saturated carbocycles. The summed E-state index contributed by atoms with van der Waals surface area (Å²) in [6, 6.07) is 13.4. The van der Waals surface area contributed by atoms with Crippen LogP contribution in [-0.2, 0) is 0 Å². The number of aryl methyl sites for hydroxylation is 1. The van der Waals surface area contributed by atoms with Crippen LogP contribution in [0.5, 0.6) is 11.5 Å². The van der Waals surface area contributed by atoms with Crippen molar-refractivity contribution in [2.75, 3.05) is 0 Å². The predicted molar refractivity (Wildman–Crippen MR) is 72.8 cm³/mol. The number of carbonyl (C=O) groups is 2. The Morgan fingerprint density at radius 1 is 1.00 bits per heavy atom. The average molecular weight is 271 g/mol. The third-order valence-corrected chi connectivity index (χ3v) is 2.52.